The van der Waals surface area contributed by atoms with Gasteiger partial charge in [0.15, 0.2) is 12.4 Å². The molecule has 1 atom stereocenters. The quantitative estimate of drug-likeness (QED) is 0.264. The first-order valence-corrected chi connectivity index (χ1v) is 13.0. The number of amides is 1. The normalized spacial score (nSPS) is 12.3. The Morgan fingerprint density at radius 2 is 1.88 bits per heavy atom. The lowest BCUT2D eigenvalue weighted by Crippen LogP contribution is -2.32. The Morgan fingerprint density at radius 3 is 2.58 bits per heavy atom. The van der Waals surface area contributed by atoms with Gasteiger partial charge in [-0.2, -0.15) is 0 Å². The molecule has 0 fully saturated rings. The first kappa shape index (κ1) is 24.7. The summed E-state index contributed by atoms with van der Waals surface area (Å²) >= 11 is 1.43. The van der Waals surface area contributed by atoms with Gasteiger partial charge in [-0.1, -0.05) is 49.0 Å². The summed E-state index contributed by atoms with van der Waals surface area (Å²) < 4.78 is 32.6. The number of aromatic amines is 1. The van der Waals surface area contributed by atoms with Crippen LogP contribution in [0.2, 0.25) is 0 Å². The van der Waals surface area contributed by atoms with E-state index in [1.165, 1.54) is 36.0 Å². The molecular weight excluding hydrogens is 462 g/mol. The maximum atomic E-state index is 12.3. The maximum Gasteiger partial charge on any atom is 0.257 e. The molecule has 3 N–H and O–H groups in total. The first-order chi connectivity index (χ1) is 15.9. The number of aromatic nitrogens is 3. The molecule has 0 saturated carbocycles. The van der Waals surface area contributed by atoms with Crippen LogP contribution < -0.4 is 14.8 Å². The van der Waals surface area contributed by atoms with Crippen molar-refractivity contribution in [2.24, 2.45) is 0 Å². The summed E-state index contributed by atoms with van der Waals surface area (Å²) in [4.78, 5) is 16.6. The summed E-state index contributed by atoms with van der Waals surface area (Å²) in [5, 5.41) is 10.5. The number of carbonyl (C=O) groups is 1. The predicted molar refractivity (Wildman–Crippen MR) is 128 cm³/mol. The van der Waals surface area contributed by atoms with Crippen LogP contribution in [-0.2, 0) is 14.8 Å². The van der Waals surface area contributed by atoms with Crippen molar-refractivity contribution in [3.63, 3.8) is 0 Å². The maximum absolute atomic E-state index is 12.3. The fourth-order valence-corrected chi connectivity index (χ4v) is 4.68. The summed E-state index contributed by atoms with van der Waals surface area (Å²) in [6.07, 6.45) is 0.695. The summed E-state index contributed by atoms with van der Waals surface area (Å²) in [7, 11) is -3.57. The van der Waals surface area contributed by atoms with Crippen LogP contribution in [0.1, 0.15) is 20.3 Å². The lowest BCUT2D eigenvalue weighted by Gasteiger charge is -2.12. The zero-order valence-corrected chi connectivity index (χ0v) is 20.1. The summed E-state index contributed by atoms with van der Waals surface area (Å²) in [5.41, 5.74) is 0.958. The number of hydrogen-bond donors (Lipinski definition) is 3. The fraction of sp³-hybridized carbons (Fsp3) is 0.318. The van der Waals surface area contributed by atoms with E-state index in [4.69, 9.17) is 4.74 Å². The Balaban J connectivity index is 1.37. The van der Waals surface area contributed by atoms with Crippen molar-refractivity contribution in [1.29, 1.82) is 0 Å². The van der Waals surface area contributed by atoms with Crippen molar-refractivity contribution in [2.75, 3.05) is 18.9 Å². The number of rotatable bonds is 12. The Kier molecular flexibility index (Phi) is 8.87. The van der Waals surface area contributed by atoms with E-state index in [-0.39, 0.29) is 23.5 Å². The Hall–Kier alpha value is -2.89. The number of nitrogens with zero attached hydrogens (tertiary/aromatic N) is 2. The zero-order chi connectivity index (χ0) is 23.7. The molecule has 0 aliphatic heterocycles. The molecule has 11 heteroatoms. The molecule has 9 nitrogen and oxygen atoms in total. The molecule has 2 aromatic carbocycles. The van der Waals surface area contributed by atoms with Gasteiger partial charge >= 0.3 is 0 Å². The van der Waals surface area contributed by atoms with Gasteiger partial charge in [0.25, 0.3) is 5.91 Å². The Labute approximate surface area is 197 Å². The van der Waals surface area contributed by atoms with Crippen LogP contribution in [0.5, 0.6) is 5.75 Å². The lowest BCUT2D eigenvalue weighted by molar-refractivity contribution is -0.122. The van der Waals surface area contributed by atoms with Crippen LogP contribution in [0.4, 0.5) is 0 Å². The molecule has 0 bridgehead atoms. The van der Waals surface area contributed by atoms with Crippen LogP contribution >= 0.6 is 11.8 Å². The van der Waals surface area contributed by atoms with Crippen molar-refractivity contribution in [1.82, 2.24) is 25.2 Å². The number of H-pyrrole nitrogens is 1. The fourth-order valence-electron chi connectivity index (χ4n) is 2.70. The monoisotopic (exact) mass is 489 g/mol. The van der Waals surface area contributed by atoms with Gasteiger partial charge in [-0.3, -0.25) is 9.89 Å². The van der Waals surface area contributed by atoms with Crippen molar-refractivity contribution in [3.05, 3.63) is 54.6 Å². The zero-order valence-electron chi connectivity index (χ0n) is 18.4. The Bertz CT molecular complexity index is 1140. The van der Waals surface area contributed by atoms with Gasteiger partial charge in [0.2, 0.25) is 15.2 Å². The highest BCUT2D eigenvalue weighted by Gasteiger charge is 2.16. The highest BCUT2D eigenvalue weighted by molar-refractivity contribution is 7.99. The SMILES string of the molecule is CCC(C)NS(=O)(=O)c1ccc(OCC(=O)NCCSc2n[nH]c(-c3ccccc3)n2)cc1. The summed E-state index contributed by atoms with van der Waals surface area (Å²) in [5.74, 6) is 1.44. The van der Waals surface area contributed by atoms with Gasteiger partial charge in [-0.05, 0) is 37.6 Å². The minimum absolute atomic E-state index is 0.150. The minimum atomic E-state index is -3.57. The number of ether oxygens (including phenoxy) is 1. The standard InChI is InChI=1S/C22H27N5O4S2/c1-3-16(2)27-33(29,30)19-11-9-18(10-12-19)31-15-20(28)23-13-14-32-22-24-21(25-26-22)17-7-5-4-6-8-17/h4-12,16,27H,3,13-15H2,1-2H3,(H,23,28)(H,24,25,26). The molecule has 1 unspecified atom stereocenters. The van der Waals surface area contributed by atoms with Gasteiger partial charge in [0.1, 0.15) is 5.75 Å². The van der Waals surface area contributed by atoms with Crippen LogP contribution in [-0.4, -0.2) is 54.5 Å². The van der Waals surface area contributed by atoms with E-state index >= 15 is 0 Å². The van der Waals surface area contributed by atoms with Gasteiger partial charge in [0, 0.05) is 23.9 Å². The molecule has 1 aromatic heterocycles. The van der Waals surface area contributed by atoms with E-state index in [2.05, 4.69) is 25.2 Å². The molecule has 0 aliphatic carbocycles. The molecule has 0 spiro atoms. The number of thioether (sulfide) groups is 1. The van der Waals surface area contributed by atoms with Crippen molar-refractivity contribution >= 4 is 27.7 Å². The first-order valence-electron chi connectivity index (χ1n) is 10.5. The smallest absolute Gasteiger partial charge is 0.257 e. The highest BCUT2D eigenvalue weighted by Crippen LogP contribution is 2.19. The van der Waals surface area contributed by atoms with Crippen LogP contribution in [0.3, 0.4) is 0 Å². The molecule has 0 aliphatic rings. The molecule has 3 aromatic rings. The van der Waals surface area contributed by atoms with E-state index in [1.54, 1.807) is 6.92 Å². The second-order valence-electron chi connectivity index (χ2n) is 7.22. The largest absolute Gasteiger partial charge is 0.484 e. The van der Waals surface area contributed by atoms with Gasteiger partial charge < -0.3 is 10.1 Å². The van der Waals surface area contributed by atoms with Crippen LogP contribution in [0.15, 0.2) is 64.6 Å². The molecule has 0 radical (unpaired) electrons. The highest BCUT2D eigenvalue weighted by atomic mass is 32.2. The van der Waals surface area contributed by atoms with E-state index in [0.717, 1.165) is 5.56 Å². The van der Waals surface area contributed by atoms with E-state index in [0.29, 0.717) is 35.4 Å². The molecule has 1 heterocycles. The number of benzene rings is 2. The third-order valence-electron chi connectivity index (χ3n) is 4.64. The van der Waals surface area contributed by atoms with Gasteiger partial charge in [0.05, 0.1) is 4.90 Å². The molecule has 33 heavy (non-hydrogen) atoms. The molecule has 0 saturated heterocycles. The average molecular weight is 490 g/mol. The molecule has 176 valence electrons. The molecule has 3 rings (SSSR count). The van der Waals surface area contributed by atoms with E-state index in [1.807, 2.05) is 37.3 Å². The van der Waals surface area contributed by atoms with Gasteiger partial charge in [-0.15, -0.1) is 5.10 Å². The third kappa shape index (κ3) is 7.58. The predicted octanol–water partition coefficient (Wildman–Crippen LogP) is 2.84. The second-order valence-corrected chi connectivity index (χ2v) is 10.00. The lowest BCUT2D eigenvalue weighted by atomic mass is 10.2. The van der Waals surface area contributed by atoms with Crippen molar-refractivity contribution in [2.45, 2.75) is 36.4 Å². The minimum Gasteiger partial charge on any atom is -0.484 e. The van der Waals surface area contributed by atoms with Crippen molar-refractivity contribution < 1.29 is 17.9 Å². The van der Waals surface area contributed by atoms with Gasteiger partial charge in [-0.25, -0.2) is 18.1 Å². The van der Waals surface area contributed by atoms with E-state index in [9.17, 15) is 13.2 Å². The molecule has 1 amide bonds. The van der Waals surface area contributed by atoms with Crippen molar-refractivity contribution in [3.8, 4) is 17.1 Å². The third-order valence-corrected chi connectivity index (χ3v) is 7.09. The van der Waals surface area contributed by atoms with E-state index < -0.39 is 10.0 Å². The number of sulfonamides is 1. The average Bonchev–Trinajstić information content (AvgIpc) is 3.30. The molecular formula is C22H27N5O4S2. The van der Waals surface area contributed by atoms with Crippen LogP contribution in [0.25, 0.3) is 11.4 Å². The topological polar surface area (TPSA) is 126 Å². The Morgan fingerprint density at radius 1 is 1.15 bits per heavy atom. The summed E-state index contributed by atoms with van der Waals surface area (Å²) in [6, 6.07) is 15.5. The number of nitrogens with one attached hydrogen (secondary N) is 3. The number of hydrogen-bond acceptors (Lipinski definition) is 7. The van der Waals surface area contributed by atoms with Crippen LogP contribution in [0, 0.1) is 0 Å². The number of carbonyl (C=O) groups excluding carboxylic acids is 1. The summed E-state index contributed by atoms with van der Waals surface area (Å²) in [6.45, 7) is 3.98. The second kappa shape index (κ2) is 11.8.